The van der Waals surface area contributed by atoms with Crippen molar-refractivity contribution in [1.82, 2.24) is 19.8 Å². The first kappa shape index (κ1) is 13.8. The van der Waals surface area contributed by atoms with Gasteiger partial charge in [0.1, 0.15) is 5.58 Å². The Morgan fingerprint density at radius 1 is 1.27 bits per heavy atom. The molecule has 0 bridgehead atoms. The predicted octanol–water partition coefficient (Wildman–Crippen LogP) is 4.24. The quantitative estimate of drug-likeness (QED) is 0.560. The molecule has 0 atom stereocenters. The van der Waals surface area contributed by atoms with Gasteiger partial charge in [-0.25, -0.2) is 0 Å². The highest BCUT2D eigenvalue weighted by Crippen LogP contribution is 2.31. The molecule has 4 rings (SSSR count). The molecule has 0 saturated carbocycles. The Bertz CT molecular complexity index is 904. The molecule has 0 unspecified atom stereocenters. The van der Waals surface area contributed by atoms with Crippen molar-refractivity contribution in [3.63, 3.8) is 0 Å². The second-order valence-electron chi connectivity index (χ2n) is 5.23. The molecule has 0 fully saturated rings. The van der Waals surface area contributed by atoms with Crippen molar-refractivity contribution in [2.75, 3.05) is 0 Å². The Morgan fingerprint density at radius 2 is 2.14 bits per heavy atom. The Labute approximate surface area is 135 Å². The summed E-state index contributed by atoms with van der Waals surface area (Å²) in [6.07, 6.45) is 0. The van der Waals surface area contributed by atoms with Crippen LogP contribution < -0.4 is 0 Å². The molecule has 0 saturated heterocycles. The molecule has 7 heteroatoms. The van der Waals surface area contributed by atoms with Crippen molar-refractivity contribution >= 4 is 39.0 Å². The van der Waals surface area contributed by atoms with Gasteiger partial charge in [0, 0.05) is 5.39 Å². The highest BCUT2D eigenvalue weighted by molar-refractivity contribution is 7.99. The van der Waals surface area contributed by atoms with Gasteiger partial charge in [-0.3, -0.25) is 0 Å². The van der Waals surface area contributed by atoms with E-state index in [9.17, 15) is 0 Å². The summed E-state index contributed by atoms with van der Waals surface area (Å²) >= 11 is 3.33. The van der Waals surface area contributed by atoms with Crippen LogP contribution in [0.3, 0.4) is 0 Å². The number of fused-ring (bicyclic) bond motifs is 2. The summed E-state index contributed by atoms with van der Waals surface area (Å²) in [5, 5.41) is 15.5. The highest BCUT2D eigenvalue weighted by atomic mass is 32.2. The van der Waals surface area contributed by atoms with Gasteiger partial charge in [0.25, 0.3) is 0 Å². The Kier molecular flexibility index (Phi) is 3.38. The summed E-state index contributed by atoms with van der Waals surface area (Å²) in [5.74, 6) is 2.47. The van der Waals surface area contributed by atoms with Crippen LogP contribution in [0.25, 0.3) is 26.7 Å². The molecular formula is C15H14N4OS2. The van der Waals surface area contributed by atoms with Crippen LogP contribution in [-0.4, -0.2) is 25.1 Å². The van der Waals surface area contributed by atoms with Gasteiger partial charge in [0.05, 0.1) is 5.75 Å². The van der Waals surface area contributed by atoms with Crippen LogP contribution in [-0.2, 0) is 5.75 Å². The first-order valence-electron chi connectivity index (χ1n) is 7.02. The third-order valence-corrected chi connectivity index (χ3v) is 5.24. The minimum Gasteiger partial charge on any atom is -0.453 e. The third-order valence-electron chi connectivity index (χ3n) is 3.24. The van der Waals surface area contributed by atoms with E-state index < -0.39 is 0 Å². The summed E-state index contributed by atoms with van der Waals surface area (Å²) in [6.45, 7) is 4.34. The second kappa shape index (κ2) is 5.40. The number of furan rings is 1. The maximum atomic E-state index is 5.87. The molecule has 0 aliphatic carbocycles. The molecule has 112 valence electrons. The van der Waals surface area contributed by atoms with E-state index in [1.165, 1.54) is 11.3 Å². The fourth-order valence-electron chi connectivity index (χ4n) is 2.18. The fraction of sp³-hybridized carbons (Fsp3) is 0.267. The number of hydrogen-bond donors (Lipinski definition) is 0. The van der Waals surface area contributed by atoms with Crippen molar-refractivity contribution in [3.05, 3.63) is 36.2 Å². The monoisotopic (exact) mass is 330 g/mol. The van der Waals surface area contributed by atoms with E-state index in [1.54, 1.807) is 0 Å². The maximum absolute atomic E-state index is 5.87. The average Bonchev–Trinajstić information content (AvgIpc) is 3.18. The Balaban J connectivity index is 1.73. The van der Waals surface area contributed by atoms with Crippen LogP contribution in [0.15, 0.2) is 34.7 Å². The minimum atomic E-state index is 0.556. The molecule has 22 heavy (non-hydrogen) atoms. The van der Waals surface area contributed by atoms with Crippen LogP contribution in [0.5, 0.6) is 0 Å². The number of para-hydroxylation sites is 1. The number of benzene rings is 1. The summed E-state index contributed by atoms with van der Waals surface area (Å²) in [5.41, 5.74) is 0.874. The maximum Gasteiger partial charge on any atom is 0.235 e. The summed E-state index contributed by atoms with van der Waals surface area (Å²) < 4.78 is 7.69. The normalized spacial score (nSPS) is 12.0. The lowest BCUT2D eigenvalue weighted by atomic mass is 10.2. The van der Waals surface area contributed by atoms with E-state index in [-0.39, 0.29) is 0 Å². The van der Waals surface area contributed by atoms with E-state index in [0.717, 1.165) is 38.3 Å². The molecule has 5 nitrogen and oxygen atoms in total. The predicted molar refractivity (Wildman–Crippen MR) is 90.3 cm³/mol. The van der Waals surface area contributed by atoms with Crippen molar-refractivity contribution in [2.45, 2.75) is 24.9 Å². The fourth-order valence-corrected chi connectivity index (χ4v) is 3.65. The molecule has 3 heterocycles. The van der Waals surface area contributed by atoms with E-state index in [2.05, 4.69) is 29.1 Å². The Hall–Kier alpha value is -1.86. The lowest BCUT2D eigenvalue weighted by Gasteiger charge is -2.00. The number of aromatic nitrogens is 4. The van der Waals surface area contributed by atoms with E-state index in [0.29, 0.717) is 5.25 Å². The van der Waals surface area contributed by atoms with Gasteiger partial charge in [-0.05, 0) is 17.4 Å². The van der Waals surface area contributed by atoms with Gasteiger partial charge in [0.2, 0.25) is 4.96 Å². The van der Waals surface area contributed by atoms with Crippen LogP contribution in [0, 0.1) is 0 Å². The lowest BCUT2D eigenvalue weighted by molar-refractivity contribution is 0.629. The zero-order valence-electron chi connectivity index (χ0n) is 12.2. The molecular weight excluding hydrogens is 316 g/mol. The Morgan fingerprint density at radius 3 is 2.95 bits per heavy atom. The van der Waals surface area contributed by atoms with Gasteiger partial charge in [-0.15, -0.1) is 15.3 Å². The molecule has 0 aliphatic heterocycles. The lowest BCUT2D eigenvalue weighted by Crippen LogP contribution is -1.96. The van der Waals surface area contributed by atoms with Gasteiger partial charge < -0.3 is 4.42 Å². The van der Waals surface area contributed by atoms with Crippen LogP contribution >= 0.6 is 23.1 Å². The summed E-state index contributed by atoms with van der Waals surface area (Å²) in [4.78, 5) is 0.801. The molecule has 0 radical (unpaired) electrons. The zero-order valence-corrected chi connectivity index (χ0v) is 13.8. The van der Waals surface area contributed by atoms with Crippen LogP contribution in [0.1, 0.15) is 19.7 Å². The summed E-state index contributed by atoms with van der Waals surface area (Å²) in [6, 6.07) is 9.98. The number of thioether (sulfide) groups is 1. The summed E-state index contributed by atoms with van der Waals surface area (Å²) in [7, 11) is 0. The van der Waals surface area contributed by atoms with Gasteiger partial charge in [-0.1, -0.05) is 43.4 Å². The van der Waals surface area contributed by atoms with E-state index in [1.807, 2.05) is 46.6 Å². The standard InChI is InChI=1S/C15H14N4OS2/c1-9(2)21-8-13-16-17-15-19(13)18-14(22-15)12-7-10-5-3-4-6-11(10)20-12/h3-7,9H,8H2,1-2H3. The van der Waals surface area contributed by atoms with Crippen molar-refractivity contribution in [1.29, 1.82) is 0 Å². The average molecular weight is 330 g/mol. The molecule has 0 spiro atoms. The van der Waals surface area contributed by atoms with Crippen molar-refractivity contribution in [3.8, 4) is 10.8 Å². The smallest absolute Gasteiger partial charge is 0.235 e. The SMILES string of the molecule is CC(C)SCc1nnc2sc(-c3cc4ccccc4o3)nn12. The topological polar surface area (TPSA) is 56.2 Å². The first-order valence-corrected chi connectivity index (χ1v) is 8.89. The van der Waals surface area contributed by atoms with Gasteiger partial charge in [-0.2, -0.15) is 16.3 Å². The molecule has 3 aromatic heterocycles. The second-order valence-corrected chi connectivity index (χ2v) is 7.75. The third kappa shape index (κ3) is 2.40. The van der Waals surface area contributed by atoms with E-state index in [4.69, 9.17) is 4.42 Å². The number of hydrogen-bond acceptors (Lipinski definition) is 6. The van der Waals surface area contributed by atoms with Crippen LogP contribution in [0.4, 0.5) is 0 Å². The van der Waals surface area contributed by atoms with Crippen LogP contribution in [0.2, 0.25) is 0 Å². The molecule has 0 amide bonds. The van der Waals surface area contributed by atoms with Gasteiger partial charge in [0.15, 0.2) is 16.6 Å². The first-order chi connectivity index (χ1) is 10.7. The highest BCUT2D eigenvalue weighted by Gasteiger charge is 2.16. The van der Waals surface area contributed by atoms with Crippen molar-refractivity contribution < 1.29 is 4.42 Å². The van der Waals surface area contributed by atoms with E-state index >= 15 is 0 Å². The minimum absolute atomic E-state index is 0.556. The largest absolute Gasteiger partial charge is 0.453 e. The molecule has 1 aromatic carbocycles. The van der Waals surface area contributed by atoms with Gasteiger partial charge >= 0.3 is 0 Å². The molecule has 4 aromatic rings. The zero-order chi connectivity index (χ0) is 15.1. The number of nitrogens with zero attached hydrogens (tertiary/aromatic N) is 4. The molecule has 0 aliphatic rings. The number of rotatable bonds is 4. The van der Waals surface area contributed by atoms with Crippen molar-refractivity contribution in [2.24, 2.45) is 0 Å². The molecule has 0 N–H and O–H groups in total.